The summed E-state index contributed by atoms with van der Waals surface area (Å²) < 4.78 is 12.0. The van der Waals surface area contributed by atoms with Crippen LogP contribution in [-0.2, 0) is 8.85 Å². The molecule has 0 aliphatic rings. The van der Waals surface area contributed by atoms with Crippen molar-refractivity contribution in [1.29, 1.82) is 0 Å². The molecule has 0 radical (unpaired) electrons. The second-order valence-electron chi connectivity index (χ2n) is 9.38. The minimum Gasteiger partial charge on any atom is -1.00 e. The molecule has 0 aliphatic heterocycles. The third-order valence-electron chi connectivity index (χ3n) is 6.10. The van der Waals surface area contributed by atoms with Crippen molar-refractivity contribution >= 4 is 9.28 Å². The Morgan fingerprint density at radius 2 is 0.897 bits per heavy atom. The van der Waals surface area contributed by atoms with Gasteiger partial charge in [-0.3, -0.25) is 0 Å². The maximum atomic E-state index is 5.37. The van der Waals surface area contributed by atoms with Gasteiger partial charge in [-0.25, -0.2) is 0 Å². The summed E-state index contributed by atoms with van der Waals surface area (Å²) in [5.41, 5.74) is 0. The first-order valence-electron chi connectivity index (χ1n) is 12.4. The smallest absolute Gasteiger partial charge is 0.320 e. The summed E-state index contributed by atoms with van der Waals surface area (Å²) in [5, 5.41) is 0. The van der Waals surface area contributed by atoms with Crippen molar-refractivity contribution in [3.63, 3.8) is 0 Å². The normalized spacial score (nSPS) is 11.8. The van der Waals surface area contributed by atoms with Gasteiger partial charge in [-0.05, 0) is 31.7 Å². The first-order valence-corrected chi connectivity index (χ1v) is 14.2. The lowest BCUT2D eigenvalue weighted by Gasteiger charge is -2.30. The van der Waals surface area contributed by atoms with Gasteiger partial charge in [0.2, 0.25) is 0 Å². The number of rotatable bonds is 22. The third kappa shape index (κ3) is 22.9. The Morgan fingerprint density at radius 3 is 1.28 bits per heavy atom. The van der Waals surface area contributed by atoms with E-state index in [0.717, 1.165) is 6.04 Å². The molecule has 0 aromatic rings. The van der Waals surface area contributed by atoms with E-state index in [0.29, 0.717) is 0 Å². The SMILES string of the molecule is CCCCCCCCCCCC[N+](C)(C)CCCCCCCC[SiH](OC)OC.[Cl-]. The maximum Gasteiger partial charge on any atom is 0.320 e. The van der Waals surface area contributed by atoms with Gasteiger partial charge in [-0.15, -0.1) is 0 Å². The minimum atomic E-state index is -1.31. The van der Waals surface area contributed by atoms with Crippen molar-refractivity contribution in [2.75, 3.05) is 41.4 Å². The van der Waals surface area contributed by atoms with E-state index in [1.165, 1.54) is 120 Å². The molecular weight excluding hydrogens is 398 g/mol. The highest BCUT2D eigenvalue weighted by Gasteiger charge is 2.13. The molecule has 0 heterocycles. The Kier molecular flexibility index (Phi) is 25.1. The Labute approximate surface area is 192 Å². The van der Waals surface area contributed by atoms with E-state index in [1.807, 2.05) is 0 Å². The maximum absolute atomic E-state index is 5.37. The van der Waals surface area contributed by atoms with E-state index in [1.54, 1.807) is 14.2 Å². The molecule has 0 aromatic heterocycles. The molecule has 178 valence electrons. The van der Waals surface area contributed by atoms with Crippen LogP contribution >= 0.6 is 0 Å². The molecule has 0 rings (SSSR count). The molecule has 0 aromatic carbocycles. The van der Waals surface area contributed by atoms with Gasteiger partial charge in [-0.2, -0.15) is 0 Å². The lowest BCUT2D eigenvalue weighted by atomic mass is 10.1. The molecule has 0 bridgehead atoms. The fourth-order valence-electron chi connectivity index (χ4n) is 4.03. The molecule has 0 unspecified atom stereocenters. The summed E-state index contributed by atoms with van der Waals surface area (Å²) in [6.45, 7) is 5.00. The zero-order valence-corrected chi connectivity index (χ0v) is 22.6. The fraction of sp³-hybridized carbons (Fsp3) is 1.00. The van der Waals surface area contributed by atoms with Gasteiger partial charge in [0.25, 0.3) is 0 Å². The van der Waals surface area contributed by atoms with Crippen molar-refractivity contribution < 1.29 is 25.7 Å². The van der Waals surface area contributed by atoms with Crippen LogP contribution in [0.2, 0.25) is 6.04 Å². The van der Waals surface area contributed by atoms with E-state index in [-0.39, 0.29) is 12.4 Å². The summed E-state index contributed by atoms with van der Waals surface area (Å²) in [5.74, 6) is 0. The Balaban J connectivity index is 0. The molecule has 0 aliphatic carbocycles. The summed E-state index contributed by atoms with van der Waals surface area (Å²) in [7, 11) is 7.11. The highest BCUT2D eigenvalue weighted by atomic mass is 35.5. The Hall–Kier alpha value is 0.387. The topological polar surface area (TPSA) is 18.5 Å². The van der Waals surface area contributed by atoms with Crippen LogP contribution in [0.4, 0.5) is 0 Å². The second-order valence-corrected chi connectivity index (χ2v) is 11.8. The third-order valence-corrected chi connectivity index (χ3v) is 8.03. The predicted molar refractivity (Wildman–Crippen MR) is 127 cm³/mol. The quantitative estimate of drug-likeness (QED) is 0.141. The second kappa shape index (κ2) is 23.1. The molecular formula is C24H54ClNO2Si. The van der Waals surface area contributed by atoms with E-state index in [4.69, 9.17) is 8.85 Å². The summed E-state index contributed by atoms with van der Waals surface area (Å²) >= 11 is 0. The summed E-state index contributed by atoms with van der Waals surface area (Å²) in [4.78, 5) is 0. The predicted octanol–water partition coefficient (Wildman–Crippen LogP) is 3.84. The van der Waals surface area contributed by atoms with Crippen molar-refractivity contribution in [2.45, 2.75) is 116 Å². The van der Waals surface area contributed by atoms with Gasteiger partial charge < -0.3 is 25.7 Å². The number of hydrogen-bond acceptors (Lipinski definition) is 2. The molecule has 0 fully saturated rings. The van der Waals surface area contributed by atoms with Crippen molar-refractivity contribution in [2.24, 2.45) is 0 Å². The van der Waals surface area contributed by atoms with Crippen LogP contribution in [0, 0.1) is 0 Å². The van der Waals surface area contributed by atoms with Crippen LogP contribution in [0.5, 0.6) is 0 Å². The van der Waals surface area contributed by atoms with Crippen LogP contribution in [0.25, 0.3) is 0 Å². The number of quaternary nitrogens is 1. The van der Waals surface area contributed by atoms with Crippen LogP contribution in [0.3, 0.4) is 0 Å². The number of hydrogen-bond donors (Lipinski definition) is 0. The van der Waals surface area contributed by atoms with Crippen LogP contribution in [0.15, 0.2) is 0 Å². The molecule has 29 heavy (non-hydrogen) atoms. The molecule has 0 saturated carbocycles. The first-order chi connectivity index (χ1) is 13.6. The summed E-state index contributed by atoms with van der Waals surface area (Å²) in [6, 6.07) is 1.16. The molecule has 0 atom stereocenters. The zero-order valence-electron chi connectivity index (χ0n) is 20.7. The van der Waals surface area contributed by atoms with Gasteiger partial charge >= 0.3 is 9.28 Å². The van der Waals surface area contributed by atoms with Crippen molar-refractivity contribution in [3.8, 4) is 0 Å². The molecule has 0 N–H and O–H groups in total. The van der Waals surface area contributed by atoms with Crippen molar-refractivity contribution in [1.82, 2.24) is 0 Å². The number of nitrogens with zero attached hydrogens (tertiary/aromatic N) is 1. The van der Waals surface area contributed by atoms with Crippen molar-refractivity contribution in [3.05, 3.63) is 0 Å². The lowest BCUT2D eigenvalue weighted by molar-refractivity contribution is -0.890. The van der Waals surface area contributed by atoms with Gasteiger partial charge in [-0.1, -0.05) is 84.0 Å². The molecule has 3 nitrogen and oxygen atoms in total. The van der Waals surface area contributed by atoms with E-state index >= 15 is 0 Å². The first kappa shape index (κ1) is 31.6. The number of unbranched alkanes of at least 4 members (excludes halogenated alkanes) is 14. The molecule has 0 spiro atoms. The van der Waals surface area contributed by atoms with Crippen LogP contribution in [0.1, 0.15) is 110 Å². The van der Waals surface area contributed by atoms with Crippen LogP contribution in [-0.4, -0.2) is 55.2 Å². The number of halogens is 1. The molecule has 5 heteroatoms. The summed E-state index contributed by atoms with van der Waals surface area (Å²) in [6.07, 6.45) is 22.5. The van der Waals surface area contributed by atoms with E-state index < -0.39 is 9.28 Å². The molecule has 0 saturated heterocycles. The van der Waals surface area contributed by atoms with E-state index in [9.17, 15) is 0 Å². The largest absolute Gasteiger partial charge is 1.00 e. The standard InChI is InChI=1S/C24H54NO2Si.ClH/c1-6-7-8-9-10-11-12-13-16-19-22-25(2,3)23-20-17-14-15-18-21-24-28(26-4)27-5;/h28H,6-24H2,1-5H3;1H/q+1;/p-1. The van der Waals surface area contributed by atoms with Gasteiger partial charge in [0.1, 0.15) is 0 Å². The van der Waals surface area contributed by atoms with Crippen LogP contribution < -0.4 is 12.4 Å². The Bertz CT molecular complexity index is 315. The lowest BCUT2D eigenvalue weighted by Crippen LogP contribution is -3.00. The van der Waals surface area contributed by atoms with E-state index in [2.05, 4.69) is 21.0 Å². The monoisotopic (exact) mass is 451 g/mol. The highest BCUT2D eigenvalue weighted by Crippen LogP contribution is 2.14. The minimum absolute atomic E-state index is 0. The average Bonchev–Trinajstić information content (AvgIpc) is 2.68. The zero-order chi connectivity index (χ0) is 20.9. The highest BCUT2D eigenvalue weighted by molar-refractivity contribution is 6.44. The Morgan fingerprint density at radius 1 is 0.552 bits per heavy atom. The van der Waals surface area contributed by atoms with Gasteiger partial charge in [0.05, 0.1) is 27.2 Å². The van der Waals surface area contributed by atoms with Gasteiger partial charge in [0, 0.05) is 14.2 Å². The fourth-order valence-corrected chi connectivity index (χ4v) is 5.31. The van der Waals surface area contributed by atoms with Gasteiger partial charge in [0.15, 0.2) is 0 Å². The average molecular weight is 452 g/mol. The molecule has 0 amide bonds.